The van der Waals surface area contributed by atoms with Gasteiger partial charge in [0.2, 0.25) is 5.91 Å². The Kier molecular flexibility index (Phi) is 30.8. The second kappa shape index (κ2) is 23.3. The van der Waals surface area contributed by atoms with E-state index in [0.29, 0.717) is 26.3 Å². The van der Waals surface area contributed by atoms with Crippen molar-refractivity contribution in [2.45, 2.75) is 27.7 Å². The predicted molar refractivity (Wildman–Crippen MR) is 66.9 cm³/mol. The lowest BCUT2D eigenvalue weighted by atomic mass is 10.6. The summed E-state index contributed by atoms with van der Waals surface area (Å²) < 4.78 is 4.96. The van der Waals surface area contributed by atoms with Crippen molar-refractivity contribution in [2.24, 2.45) is 5.73 Å². The smallest absolute Gasteiger partial charge is 0.245 e. The number of nitrogens with two attached hydrogens (primary N) is 1. The van der Waals surface area contributed by atoms with Gasteiger partial charge in [-0.15, -0.1) is 0 Å². The second-order valence-corrected chi connectivity index (χ2v) is 1.91. The average molecular weight is 226 g/mol. The van der Waals surface area contributed by atoms with Gasteiger partial charge in [-0.2, -0.15) is 0 Å². The first-order valence-electron chi connectivity index (χ1n) is 5.46. The van der Waals surface area contributed by atoms with Crippen LogP contribution in [-0.2, 0) is 9.53 Å². The zero-order valence-corrected chi connectivity index (χ0v) is 10.4. The van der Waals surface area contributed by atoms with E-state index in [-0.39, 0.29) is 8.76 Å². The molecule has 0 fully saturated rings. The summed E-state index contributed by atoms with van der Waals surface area (Å²) in [4.78, 5) is 10.4. The normalized spacial score (nSPS) is 7.87. The fourth-order valence-corrected chi connectivity index (χ4v) is 0.504. The van der Waals surface area contributed by atoms with Crippen LogP contribution in [-0.4, -0.2) is 43.9 Å². The van der Waals surface area contributed by atoms with Gasteiger partial charge >= 0.3 is 0 Å². The van der Waals surface area contributed by atoms with E-state index in [2.05, 4.69) is 5.32 Å². The van der Waals surface area contributed by atoms with Gasteiger partial charge in [-0.3, -0.25) is 4.79 Å². The van der Waals surface area contributed by atoms with Crippen molar-refractivity contribution in [3.05, 3.63) is 0 Å². The molecule has 0 spiro atoms. The Labute approximate surface area is 96.0 Å². The molecule has 1 amide bonds. The van der Waals surface area contributed by atoms with E-state index in [1.165, 1.54) is 0 Å². The zero-order chi connectivity index (χ0) is 12.5. The van der Waals surface area contributed by atoms with Crippen LogP contribution in [0.3, 0.4) is 0 Å². The molecule has 15 heavy (non-hydrogen) atoms. The van der Waals surface area contributed by atoms with Crippen molar-refractivity contribution >= 4 is 5.91 Å². The van der Waals surface area contributed by atoms with E-state index in [4.69, 9.17) is 15.6 Å². The van der Waals surface area contributed by atoms with Crippen LogP contribution >= 0.6 is 0 Å². The van der Waals surface area contributed by atoms with Crippen molar-refractivity contribution in [1.29, 1.82) is 0 Å². The minimum atomic E-state index is -0.475. The molecule has 5 heteroatoms. The maximum absolute atomic E-state index is 10.4. The second-order valence-electron chi connectivity index (χ2n) is 1.91. The molecular formula is C10H30N2O3. The molecule has 0 bridgehead atoms. The van der Waals surface area contributed by atoms with Gasteiger partial charge in [0.05, 0.1) is 13.2 Å². The number of ether oxygens (including phenoxy) is 1. The highest BCUT2D eigenvalue weighted by atomic mass is 16.5. The summed E-state index contributed by atoms with van der Waals surface area (Å²) >= 11 is 0. The van der Waals surface area contributed by atoms with Crippen LogP contribution in [0.15, 0.2) is 0 Å². The van der Waals surface area contributed by atoms with Crippen LogP contribution in [0.4, 0.5) is 0 Å². The molecule has 0 aliphatic heterocycles. The molecule has 0 aliphatic rings. The van der Waals surface area contributed by atoms with Crippen molar-refractivity contribution < 1.29 is 17.5 Å². The lowest BCUT2D eigenvalue weighted by Crippen LogP contribution is -2.29. The van der Waals surface area contributed by atoms with Gasteiger partial charge in [-0.05, 0) is 0 Å². The zero-order valence-electron chi connectivity index (χ0n) is 10.4. The molecule has 0 radical (unpaired) electrons. The number of aliphatic hydroxyl groups excluding tert-OH is 1. The van der Waals surface area contributed by atoms with Gasteiger partial charge in [0.25, 0.3) is 0 Å². The van der Waals surface area contributed by atoms with Crippen LogP contribution in [0, 0.1) is 0 Å². The molecule has 0 aromatic heterocycles. The van der Waals surface area contributed by atoms with E-state index in [0.717, 1.165) is 0 Å². The minimum absolute atomic E-state index is 0. The average Bonchev–Trinajstić information content (AvgIpc) is 2.33. The highest BCUT2D eigenvalue weighted by Crippen LogP contribution is 1.70. The van der Waals surface area contributed by atoms with Crippen molar-refractivity contribution in [1.82, 2.24) is 5.32 Å². The summed E-state index contributed by atoms with van der Waals surface area (Å²) in [6, 6.07) is 0. The van der Waals surface area contributed by atoms with Crippen molar-refractivity contribution in [3.8, 4) is 0 Å². The summed E-state index contributed by atoms with van der Waals surface area (Å²) in [5.41, 5.74) is 5.14. The Morgan fingerprint density at radius 3 is 2.27 bits per heavy atom. The molecule has 0 heterocycles. The summed E-state index contributed by atoms with van der Waals surface area (Å²) in [6.07, 6.45) is 0. The van der Waals surface area contributed by atoms with Crippen molar-refractivity contribution in [3.63, 3.8) is 0 Å². The van der Waals surface area contributed by atoms with Gasteiger partial charge < -0.3 is 20.9 Å². The van der Waals surface area contributed by atoms with E-state index in [9.17, 15) is 4.79 Å². The van der Waals surface area contributed by atoms with Crippen LogP contribution in [0.1, 0.15) is 30.5 Å². The van der Waals surface area contributed by atoms with Crippen LogP contribution < -0.4 is 11.1 Å². The third kappa shape index (κ3) is 24.7. The molecule has 0 aromatic carbocycles. The first-order valence-corrected chi connectivity index (χ1v) is 5.46. The van der Waals surface area contributed by atoms with Crippen molar-refractivity contribution in [2.75, 3.05) is 32.9 Å². The molecular weight excluding hydrogens is 196 g/mol. The number of hydrogen-bond acceptors (Lipinski definition) is 4. The Morgan fingerprint density at radius 2 is 1.87 bits per heavy atom. The van der Waals surface area contributed by atoms with E-state index < -0.39 is 6.61 Å². The maximum Gasteiger partial charge on any atom is 0.245 e. The standard InChI is InChI=1S/C6H14N2O3.2C2H6.2H2/c7-1-3-11-4-2-8-6(10)5-9;2*1-2;;/h9H,1-5,7H2,(H,8,10);2*1-2H3;2*1H. The highest BCUT2D eigenvalue weighted by molar-refractivity contribution is 5.76. The number of carbonyl (C=O) groups excluding carboxylic acids is 1. The maximum atomic E-state index is 10.4. The van der Waals surface area contributed by atoms with Gasteiger partial charge in [0.15, 0.2) is 0 Å². The monoisotopic (exact) mass is 226 g/mol. The quantitative estimate of drug-likeness (QED) is 0.579. The molecule has 0 atom stereocenters. The topological polar surface area (TPSA) is 84.6 Å². The summed E-state index contributed by atoms with van der Waals surface area (Å²) in [6.45, 7) is 9.35. The molecule has 5 nitrogen and oxygen atoms in total. The first kappa shape index (κ1) is 19.9. The Bertz CT molecular complexity index is 120. The van der Waals surface area contributed by atoms with Gasteiger partial charge in [-0.25, -0.2) is 0 Å². The molecule has 0 saturated heterocycles. The lowest BCUT2D eigenvalue weighted by Gasteiger charge is -2.02. The van der Waals surface area contributed by atoms with Gasteiger partial charge in [-0.1, -0.05) is 27.7 Å². The molecule has 98 valence electrons. The van der Waals surface area contributed by atoms with E-state index >= 15 is 0 Å². The summed E-state index contributed by atoms with van der Waals surface area (Å²) in [7, 11) is 0. The predicted octanol–water partition coefficient (Wildman–Crippen LogP) is 0.615. The Hall–Kier alpha value is -0.650. The fourth-order valence-electron chi connectivity index (χ4n) is 0.504. The molecule has 0 unspecified atom stereocenters. The fraction of sp³-hybridized carbons (Fsp3) is 0.900. The van der Waals surface area contributed by atoms with Gasteiger partial charge in [0, 0.05) is 15.9 Å². The Balaban J connectivity index is -0.0000000720. The molecule has 0 saturated carbocycles. The number of aliphatic hydroxyl groups is 1. The summed E-state index contributed by atoms with van der Waals surface area (Å²) in [5, 5.41) is 10.7. The molecule has 0 aliphatic carbocycles. The van der Waals surface area contributed by atoms with Gasteiger partial charge in [0.1, 0.15) is 6.61 Å². The SMILES string of the molecule is CC.CC.NCCOCCNC(=O)CO.[HH].[HH]. The number of amides is 1. The number of hydrogen-bond donors (Lipinski definition) is 3. The molecule has 0 aromatic rings. The van der Waals surface area contributed by atoms with Crippen LogP contribution in [0.5, 0.6) is 0 Å². The molecule has 4 N–H and O–H groups in total. The minimum Gasteiger partial charge on any atom is -0.387 e. The number of nitrogens with one attached hydrogen (secondary N) is 1. The summed E-state index contributed by atoms with van der Waals surface area (Å²) in [5.74, 6) is -0.388. The van der Waals surface area contributed by atoms with E-state index in [1.807, 2.05) is 27.7 Å². The first-order chi connectivity index (χ1) is 7.31. The van der Waals surface area contributed by atoms with Crippen LogP contribution in [0.2, 0.25) is 0 Å². The third-order valence-corrected chi connectivity index (χ3v) is 0.974. The molecule has 0 rings (SSSR count). The number of carbonyl (C=O) groups is 1. The Morgan fingerprint density at radius 1 is 1.33 bits per heavy atom. The lowest BCUT2D eigenvalue weighted by molar-refractivity contribution is -0.124. The highest BCUT2D eigenvalue weighted by Gasteiger charge is 1.94. The third-order valence-electron chi connectivity index (χ3n) is 0.974. The van der Waals surface area contributed by atoms with Crippen LogP contribution in [0.25, 0.3) is 0 Å². The largest absolute Gasteiger partial charge is 0.387 e. The van der Waals surface area contributed by atoms with E-state index in [1.54, 1.807) is 0 Å². The number of rotatable bonds is 6.